The number of hydrogen-bond donors (Lipinski definition) is 1. The van der Waals surface area contributed by atoms with Crippen LogP contribution in [0.4, 0.5) is 13.2 Å². The highest BCUT2D eigenvalue weighted by molar-refractivity contribution is 5.88. The fraction of sp³-hybridized carbons (Fsp3) is 0.250. The Kier molecular flexibility index (Phi) is 7.83. The normalized spacial score (nSPS) is 11.3. The maximum absolute atomic E-state index is 12.0. The molecule has 5 nitrogen and oxygen atoms in total. The molecule has 1 N–H and O–H groups in total. The lowest BCUT2D eigenvalue weighted by Crippen LogP contribution is -2.29. The number of esters is 2. The van der Waals surface area contributed by atoms with Gasteiger partial charge in [-0.2, -0.15) is 13.2 Å². The predicted molar refractivity (Wildman–Crippen MR) is 113 cm³/mol. The molecule has 0 saturated carbocycles. The molecule has 0 aliphatic heterocycles. The summed E-state index contributed by atoms with van der Waals surface area (Å²) in [6.07, 6.45) is -4.78. The van der Waals surface area contributed by atoms with Crippen molar-refractivity contribution in [3.8, 4) is 5.75 Å². The van der Waals surface area contributed by atoms with Crippen molar-refractivity contribution < 1.29 is 32.2 Å². The largest absolute Gasteiger partial charge is 0.493 e. The first kappa shape index (κ1) is 23.3. The number of nitrogens with one attached hydrogen (secondary N) is 1. The molecule has 0 bridgehead atoms. The van der Waals surface area contributed by atoms with Gasteiger partial charge in [-0.15, -0.1) is 0 Å². The number of hydrogen-bond acceptors (Lipinski definition) is 5. The minimum atomic E-state index is -5.18. The highest BCUT2D eigenvalue weighted by atomic mass is 19.4. The smallest absolute Gasteiger partial charge is 0.491 e. The summed E-state index contributed by atoms with van der Waals surface area (Å²) in [6, 6.07) is 21.8. The van der Waals surface area contributed by atoms with Crippen LogP contribution in [-0.4, -0.2) is 31.3 Å². The molecule has 3 aromatic carbocycles. The minimum absolute atomic E-state index is 0.0665. The summed E-state index contributed by atoms with van der Waals surface area (Å²) in [6.45, 7) is 0.952. The number of carbonyl (C=O) groups is 2. The topological polar surface area (TPSA) is 64.6 Å². The van der Waals surface area contributed by atoms with E-state index in [1.54, 1.807) is 0 Å². The van der Waals surface area contributed by atoms with Crippen LogP contribution in [-0.2, 0) is 27.3 Å². The zero-order chi connectivity index (χ0) is 23.0. The van der Waals surface area contributed by atoms with Gasteiger partial charge in [0.15, 0.2) is 0 Å². The summed E-state index contributed by atoms with van der Waals surface area (Å²) in [5, 5.41) is 5.30. The van der Waals surface area contributed by atoms with Crippen LogP contribution in [0.25, 0.3) is 10.8 Å². The Morgan fingerprint density at radius 1 is 0.875 bits per heavy atom. The second-order valence-electron chi connectivity index (χ2n) is 7.11. The fourth-order valence-corrected chi connectivity index (χ4v) is 3.06. The molecule has 0 aliphatic carbocycles. The first-order chi connectivity index (χ1) is 15.3. The van der Waals surface area contributed by atoms with Gasteiger partial charge in [-0.3, -0.25) is 4.79 Å². The Labute approximate surface area is 183 Å². The van der Waals surface area contributed by atoms with Gasteiger partial charge in [-0.1, -0.05) is 54.6 Å². The molecule has 0 aliphatic rings. The lowest BCUT2D eigenvalue weighted by molar-refractivity contribution is -0.201. The van der Waals surface area contributed by atoms with Crippen LogP contribution < -0.4 is 10.1 Å². The summed E-state index contributed by atoms with van der Waals surface area (Å²) in [4.78, 5) is 21.9. The average molecular weight is 445 g/mol. The van der Waals surface area contributed by atoms with Crippen LogP contribution in [0.2, 0.25) is 0 Å². The molecule has 0 atom stereocenters. The third-order valence-electron chi connectivity index (χ3n) is 4.64. The molecule has 32 heavy (non-hydrogen) atoms. The van der Waals surface area contributed by atoms with Gasteiger partial charge in [0.1, 0.15) is 5.75 Å². The van der Waals surface area contributed by atoms with Crippen LogP contribution in [0.1, 0.15) is 17.5 Å². The van der Waals surface area contributed by atoms with Crippen LogP contribution in [0.15, 0.2) is 66.7 Å². The van der Waals surface area contributed by atoms with E-state index in [1.165, 1.54) is 16.3 Å². The maximum Gasteiger partial charge on any atom is 0.491 e. The molecule has 8 heteroatoms. The quantitative estimate of drug-likeness (QED) is 0.297. The van der Waals surface area contributed by atoms with Crippen molar-refractivity contribution in [2.45, 2.75) is 25.6 Å². The third-order valence-corrected chi connectivity index (χ3v) is 4.64. The summed E-state index contributed by atoms with van der Waals surface area (Å²) < 4.78 is 45.7. The van der Waals surface area contributed by atoms with E-state index < -0.39 is 18.1 Å². The summed E-state index contributed by atoms with van der Waals surface area (Å²) in [5.41, 5.74) is 2.06. The molecule has 0 unspecified atom stereocenters. The van der Waals surface area contributed by atoms with E-state index in [0.717, 1.165) is 12.0 Å². The van der Waals surface area contributed by atoms with Gasteiger partial charge in [0.05, 0.1) is 13.0 Å². The maximum atomic E-state index is 12.0. The molecule has 0 aromatic heterocycles. The van der Waals surface area contributed by atoms with E-state index in [9.17, 15) is 22.8 Å². The van der Waals surface area contributed by atoms with Crippen LogP contribution in [0.3, 0.4) is 0 Å². The number of rotatable bonds is 9. The Hall–Kier alpha value is -3.39. The minimum Gasteiger partial charge on any atom is -0.493 e. The van der Waals surface area contributed by atoms with Gasteiger partial charge in [0.25, 0.3) is 0 Å². The number of benzene rings is 3. The Morgan fingerprint density at radius 3 is 2.44 bits per heavy atom. The van der Waals surface area contributed by atoms with Gasteiger partial charge in [-0.05, 0) is 34.0 Å². The SMILES string of the molecule is O=C(CCNCc1cccc(OCCc2ccc3ccccc3c2)c1)OC(=O)C(F)(F)F. The van der Waals surface area contributed by atoms with E-state index >= 15 is 0 Å². The van der Waals surface area contributed by atoms with Crippen molar-refractivity contribution in [2.75, 3.05) is 13.2 Å². The predicted octanol–water partition coefficient (Wildman–Crippen LogP) is 4.57. The summed E-state index contributed by atoms with van der Waals surface area (Å²) in [7, 11) is 0. The van der Waals surface area contributed by atoms with E-state index in [1.807, 2.05) is 36.4 Å². The molecule has 168 valence electrons. The molecule has 0 amide bonds. The van der Waals surface area contributed by atoms with Gasteiger partial charge in [0, 0.05) is 19.5 Å². The van der Waals surface area contributed by atoms with Crippen molar-refractivity contribution in [3.05, 3.63) is 77.9 Å². The van der Waals surface area contributed by atoms with E-state index in [-0.39, 0.29) is 13.0 Å². The second-order valence-corrected chi connectivity index (χ2v) is 7.11. The Balaban J connectivity index is 1.40. The van der Waals surface area contributed by atoms with E-state index in [4.69, 9.17) is 4.74 Å². The average Bonchev–Trinajstić information content (AvgIpc) is 2.76. The van der Waals surface area contributed by atoms with Gasteiger partial charge >= 0.3 is 18.1 Å². The Morgan fingerprint density at radius 2 is 1.66 bits per heavy atom. The molecule has 3 aromatic rings. The van der Waals surface area contributed by atoms with Crippen molar-refractivity contribution in [1.82, 2.24) is 5.32 Å². The fourth-order valence-electron chi connectivity index (χ4n) is 3.06. The lowest BCUT2D eigenvalue weighted by atomic mass is 10.1. The van der Waals surface area contributed by atoms with Crippen molar-refractivity contribution in [3.63, 3.8) is 0 Å². The van der Waals surface area contributed by atoms with Gasteiger partial charge in [-0.25, -0.2) is 4.79 Å². The summed E-state index contributed by atoms with van der Waals surface area (Å²) >= 11 is 0. The molecule has 0 saturated heterocycles. The van der Waals surface area contributed by atoms with E-state index in [2.05, 4.69) is 40.4 Å². The molecular formula is C24H22F3NO4. The Bertz CT molecular complexity index is 1080. The number of carbonyl (C=O) groups excluding carboxylic acids is 2. The molecule has 0 fully saturated rings. The zero-order valence-corrected chi connectivity index (χ0v) is 17.2. The number of halogens is 3. The highest BCUT2D eigenvalue weighted by Gasteiger charge is 2.42. The number of alkyl halides is 3. The van der Waals surface area contributed by atoms with Crippen LogP contribution in [0, 0.1) is 0 Å². The molecule has 3 rings (SSSR count). The van der Waals surface area contributed by atoms with Crippen LogP contribution >= 0.6 is 0 Å². The standard InChI is InChI=1S/C24H22F3NO4/c25-24(26,27)23(30)32-22(29)10-12-28-16-18-4-3-7-21(15-18)31-13-11-17-8-9-19-5-1-2-6-20(19)14-17/h1-9,14-15,28H,10-13,16H2. The molecular weight excluding hydrogens is 423 g/mol. The summed E-state index contributed by atoms with van der Waals surface area (Å²) in [5.74, 6) is -3.04. The van der Waals surface area contributed by atoms with Gasteiger partial charge < -0.3 is 14.8 Å². The number of ether oxygens (including phenoxy) is 2. The van der Waals surface area contributed by atoms with Gasteiger partial charge in [0.2, 0.25) is 0 Å². The molecule has 0 heterocycles. The monoisotopic (exact) mass is 445 g/mol. The second kappa shape index (κ2) is 10.8. The van der Waals surface area contributed by atoms with Crippen molar-refractivity contribution in [2.24, 2.45) is 0 Å². The lowest BCUT2D eigenvalue weighted by Gasteiger charge is -2.10. The van der Waals surface area contributed by atoms with Crippen molar-refractivity contribution >= 4 is 22.7 Å². The third kappa shape index (κ3) is 7.09. The molecule has 0 radical (unpaired) electrons. The van der Waals surface area contributed by atoms with E-state index in [0.29, 0.717) is 18.9 Å². The number of fused-ring (bicyclic) bond motifs is 1. The molecule has 0 spiro atoms. The highest BCUT2D eigenvalue weighted by Crippen LogP contribution is 2.18. The van der Waals surface area contributed by atoms with Crippen LogP contribution in [0.5, 0.6) is 5.75 Å². The zero-order valence-electron chi connectivity index (χ0n) is 17.2. The first-order valence-corrected chi connectivity index (χ1v) is 10.0. The first-order valence-electron chi connectivity index (χ1n) is 10.0. The van der Waals surface area contributed by atoms with Crippen molar-refractivity contribution in [1.29, 1.82) is 0 Å².